The van der Waals surface area contributed by atoms with Crippen molar-refractivity contribution in [2.75, 3.05) is 26.1 Å². The van der Waals surface area contributed by atoms with Gasteiger partial charge in [-0.05, 0) is 30.3 Å². The zero-order chi connectivity index (χ0) is 18.4. The summed E-state index contributed by atoms with van der Waals surface area (Å²) in [5.74, 6) is -1.38. The summed E-state index contributed by atoms with van der Waals surface area (Å²) in [6.07, 6.45) is 0. The molecule has 132 valence electrons. The van der Waals surface area contributed by atoms with E-state index in [0.717, 1.165) is 6.07 Å². The van der Waals surface area contributed by atoms with E-state index in [0.29, 0.717) is 5.75 Å². The first-order valence-corrected chi connectivity index (χ1v) is 7.46. The Bertz CT molecular complexity index is 797. The predicted octanol–water partition coefficient (Wildman–Crippen LogP) is 3.29. The molecule has 1 N–H and O–H groups in total. The number of esters is 1. The Balaban J connectivity index is 2.00. The number of carbonyl (C=O) groups is 2. The smallest absolute Gasteiger partial charge is 0.342 e. The predicted molar refractivity (Wildman–Crippen MR) is 89.9 cm³/mol. The molecule has 1 amide bonds. The molecule has 0 heterocycles. The summed E-state index contributed by atoms with van der Waals surface area (Å²) in [7, 11) is 2.87. The van der Waals surface area contributed by atoms with E-state index in [2.05, 4.69) is 5.32 Å². The molecule has 0 saturated carbocycles. The lowest BCUT2D eigenvalue weighted by molar-refractivity contribution is -0.119. The fourth-order valence-electron chi connectivity index (χ4n) is 1.96. The maximum Gasteiger partial charge on any atom is 0.342 e. The zero-order valence-corrected chi connectivity index (χ0v) is 14.2. The van der Waals surface area contributed by atoms with Crippen molar-refractivity contribution in [3.63, 3.8) is 0 Å². The molecule has 0 spiro atoms. The van der Waals surface area contributed by atoms with Gasteiger partial charge in [0.15, 0.2) is 6.61 Å². The molecule has 0 unspecified atom stereocenters. The molecule has 0 aliphatic rings. The van der Waals surface area contributed by atoms with Gasteiger partial charge in [0.2, 0.25) is 0 Å². The minimum absolute atomic E-state index is 0.101. The monoisotopic (exact) mass is 367 g/mol. The van der Waals surface area contributed by atoms with Crippen molar-refractivity contribution in [2.24, 2.45) is 0 Å². The average Bonchev–Trinajstić information content (AvgIpc) is 2.62. The highest BCUT2D eigenvalue weighted by molar-refractivity contribution is 6.30. The summed E-state index contributed by atoms with van der Waals surface area (Å²) in [5.41, 5.74) is 0.0283. The van der Waals surface area contributed by atoms with E-state index in [-0.39, 0.29) is 22.0 Å². The van der Waals surface area contributed by atoms with Gasteiger partial charge in [0.05, 0.1) is 19.9 Å². The van der Waals surface area contributed by atoms with Crippen molar-refractivity contribution in [3.8, 4) is 11.5 Å². The van der Waals surface area contributed by atoms with Crippen LogP contribution in [0.15, 0.2) is 36.4 Å². The molecule has 2 aromatic carbocycles. The number of hydrogen-bond donors (Lipinski definition) is 1. The summed E-state index contributed by atoms with van der Waals surface area (Å²) in [5, 5.41) is 2.54. The van der Waals surface area contributed by atoms with Crippen molar-refractivity contribution < 1.29 is 28.2 Å². The van der Waals surface area contributed by atoms with Crippen LogP contribution in [0.4, 0.5) is 10.1 Å². The maximum absolute atomic E-state index is 13.6. The lowest BCUT2D eigenvalue weighted by Gasteiger charge is -2.11. The second-order valence-corrected chi connectivity index (χ2v) is 5.25. The number of nitrogens with one attached hydrogen (secondary N) is 1. The maximum atomic E-state index is 13.6. The Morgan fingerprint density at radius 3 is 2.56 bits per heavy atom. The van der Waals surface area contributed by atoms with Gasteiger partial charge in [-0.3, -0.25) is 4.79 Å². The third-order valence-electron chi connectivity index (χ3n) is 3.17. The Morgan fingerprint density at radius 1 is 1.12 bits per heavy atom. The van der Waals surface area contributed by atoms with Gasteiger partial charge in [0.25, 0.3) is 5.91 Å². The van der Waals surface area contributed by atoms with E-state index in [4.69, 9.17) is 25.8 Å². The van der Waals surface area contributed by atoms with Gasteiger partial charge >= 0.3 is 5.97 Å². The number of amides is 1. The molecule has 25 heavy (non-hydrogen) atoms. The summed E-state index contributed by atoms with van der Waals surface area (Å²) < 4.78 is 28.6. The Hall–Kier alpha value is -2.80. The number of rotatable bonds is 6. The number of hydrogen-bond acceptors (Lipinski definition) is 5. The summed E-state index contributed by atoms with van der Waals surface area (Å²) in [6, 6.07) is 8.24. The number of ether oxygens (including phenoxy) is 3. The standard InChI is InChI=1S/C17H15ClFNO5/c1-23-11-4-5-12(15(8-11)24-2)17(22)25-9-16(21)20-14-7-10(18)3-6-13(14)19/h3-8H,9H2,1-2H3,(H,20,21). The van der Waals surface area contributed by atoms with Crippen LogP contribution >= 0.6 is 11.6 Å². The van der Waals surface area contributed by atoms with Crippen molar-refractivity contribution in [3.05, 3.63) is 52.8 Å². The molecule has 0 radical (unpaired) electrons. The number of methoxy groups -OCH3 is 2. The van der Waals surface area contributed by atoms with Gasteiger partial charge in [0.1, 0.15) is 22.9 Å². The van der Waals surface area contributed by atoms with E-state index in [1.54, 1.807) is 6.07 Å². The highest BCUT2D eigenvalue weighted by Gasteiger charge is 2.17. The van der Waals surface area contributed by atoms with E-state index < -0.39 is 24.3 Å². The molecular formula is C17H15ClFNO5. The number of benzene rings is 2. The van der Waals surface area contributed by atoms with Crippen LogP contribution in [0.3, 0.4) is 0 Å². The van der Waals surface area contributed by atoms with Gasteiger partial charge in [0, 0.05) is 11.1 Å². The third kappa shape index (κ3) is 4.84. The van der Waals surface area contributed by atoms with E-state index >= 15 is 0 Å². The fourth-order valence-corrected chi connectivity index (χ4v) is 2.13. The summed E-state index contributed by atoms with van der Waals surface area (Å²) in [6.45, 7) is -0.597. The first-order valence-electron chi connectivity index (χ1n) is 7.08. The van der Waals surface area contributed by atoms with Crippen LogP contribution in [0.1, 0.15) is 10.4 Å². The Morgan fingerprint density at radius 2 is 1.88 bits per heavy atom. The van der Waals surface area contributed by atoms with Gasteiger partial charge in [-0.1, -0.05) is 11.6 Å². The van der Waals surface area contributed by atoms with Crippen molar-refractivity contribution >= 4 is 29.2 Å². The number of anilines is 1. The third-order valence-corrected chi connectivity index (χ3v) is 3.40. The van der Waals surface area contributed by atoms with Gasteiger partial charge < -0.3 is 19.5 Å². The zero-order valence-electron chi connectivity index (χ0n) is 13.5. The average molecular weight is 368 g/mol. The highest BCUT2D eigenvalue weighted by Crippen LogP contribution is 2.25. The molecule has 6 nitrogen and oxygen atoms in total. The Labute approximate surface area is 148 Å². The molecule has 2 aromatic rings. The lowest BCUT2D eigenvalue weighted by atomic mass is 10.2. The molecule has 0 fully saturated rings. The molecule has 0 aliphatic carbocycles. The van der Waals surface area contributed by atoms with Crippen molar-refractivity contribution in [2.45, 2.75) is 0 Å². The van der Waals surface area contributed by atoms with Crippen LogP contribution in [-0.4, -0.2) is 32.7 Å². The van der Waals surface area contributed by atoms with Gasteiger partial charge in [-0.2, -0.15) is 0 Å². The van der Waals surface area contributed by atoms with Gasteiger partial charge in [-0.25, -0.2) is 9.18 Å². The molecule has 0 aromatic heterocycles. The van der Waals surface area contributed by atoms with Crippen molar-refractivity contribution in [1.82, 2.24) is 0 Å². The van der Waals surface area contributed by atoms with Crippen LogP contribution in [0, 0.1) is 5.82 Å². The first-order chi connectivity index (χ1) is 11.9. The van der Waals surface area contributed by atoms with Crippen molar-refractivity contribution in [1.29, 1.82) is 0 Å². The largest absolute Gasteiger partial charge is 0.497 e. The highest BCUT2D eigenvalue weighted by atomic mass is 35.5. The van der Waals surface area contributed by atoms with Crippen LogP contribution in [0.25, 0.3) is 0 Å². The molecule has 0 saturated heterocycles. The van der Waals surface area contributed by atoms with Crippen LogP contribution < -0.4 is 14.8 Å². The molecular weight excluding hydrogens is 353 g/mol. The lowest BCUT2D eigenvalue weighted by Crippen LogP contribution is -2.21. The molecule has 0 aliphatic heterocycles. The second-order valence-electron chi connectivity index (χ2n) is 4.81. The summed E-state index contributed by atoms with van der Waals surface area (Å²) >= 11 is 5.74. The van der Waals surface area contributed by atoms with Crippen LogP contribution in [0.2, 0.25) is 5.02 Å². The SMILES string of the molecule is COc1ccc(C(=O)OCC(=O)Nc2cc(Cl)ccc2F)c(OC)c1. The molecule has 0 atom stereocenters. The van der Waals surface area contributed by atoms with Crippen LogP contribution in [-0.2, 0) is 9.53 Å². The van der Waals surface area contributed by atoms with E-state index in [9.17, 15) is 14.0 Å². The second kappa shape index (κ2) is 8.34. The Kier molecular flexibility index (Phi) is 6.19. The molecule has 8 heteroatoms. The quantitative estimate of drug-likeness (QED) is 0.793. The normalized spacial score (nSPS) is 10.1. The van der Waals surface area contributed by atoms with E-state index in [1.165, 1.54) is 38.5 Å². The van der Waals surface area contributed by atoms with E-state index in [1.807, 2.05) is 0 Å². The molecule has 0 bridgehead atoms. The fraction of sp³-hybridized carbons (Fsp3) is 0.176. The number of carbonyl (C=O) groups excluding carboxylic acids is 2. The number of halogens is 2. The first kappa shape index (κ1) is 18.5. The molecule has 2 rings (SSSR count). The summed E-state index contributed by atoms with van der Waals surface area (Å²) in [4.78, 5) is 23.9. The minimum Gasteiger partial charge on any atom is -0.497 e. The minimum atomic E-state index is -0.763. The van der Waals surface area contributed by atoms with Crippen LogP contribution in [0.5, 0.6) is 11.5 Å². The van der Waals surface area contributed by atoms with Gasteiger partial charge in [-0.15, -0.1) is 0 Å². The topological polar surface area (TPSA) is 73.9 Å².